The molecule has 0 spiro atoms. The number of nitrogens with one attached hydrogen (secondary N) is 2. The van der Waals surface area contributed by atoms with Gasteiger partial charge in [-0.1, -0.05) is 56.3 Å². The zero-order valence-electron chi connectivity index (χ0n) is 17.0. The van der Waals surface area contributed by atoms with E-state index in [9.17, 15) is 12.8 Å². The van der Waals surface area contributed by atoms with Crippen molar-refractivity contribution in [2.45, 2.75) is 31.1 Å². The molecule has 2 rings (SSSR count). The highest BCUT2D eigenvalue weighted by molar-refractivity contribution is 14.0. The monoisotopic (exact) mass is 533 g/mol. The summed E-state index contributed by atoms with van der Waals surface area (Å²) in [6.07, 6.45) is 0. The van der Waals surface area contributed by atoms with Crippen LogP contribution in [0, 0.1) is 5.82 Å². The molecule has 0 atom stereocenters. The van der Waals surface area contributed by atoms with Gasteiger partial charge >= 0.3 is 0 Å². The standard InChI is InChI=1S/C21H28FN3O2S.HI/c1-4-23-20(25-16-21(2,3)17-10-6-5-7-11-17)24-14-15-28(26,27)19-13-9-8-12-18(19)22;/h5-13H,4,14-16H2,1-3H3,(H2,23,24,25);1H. The predicted octanol–water partition coefficient (Wildman–Crippen LogP) is 3.75. The van der Waals surface area contributed by atoms with E-state index in [1.54, 1.807) is 0 Å². The Balaban J connectivity index is 0.00000420. The number of nitrogens with zero attached hydrogens (tertiary/aromatic N) is 1. The summed E-state index contributed by atoms with van der Waals surface area (Å²) in [5.41, 5.74) is 1.01. The molecule has 0 aliphatic rings. The Labute approximate surface area is 190 Å². The number of guanidine groups is 1. The average Bonchev–Trinajstić information content (AvgIpc) is 2.67. The number of rotatable bonds is 8. The normalized spacial score (nSPS) is 12.2. The van der Waals surface area contributed by atoms with Gasteiger partial charge in [-0.15, -0.1) is 24.0 Å². The van der Waals surface area contributed by atoms with Crippen LogP contribution in [0.15, 0.2) is 64.5 Å². The number of sulfone groups is 1. The van der Waals surface area contributed by atoms with Crippen LogP contribution in [0.4, 0.5) is 4.39 Å². The minimum atomic E-state index is -3.71. The van der Waals surface area contributed by atoms with Crippen molar-refractivity contribution in [2.75, 3.05) is 25.4 Å². The van der Waals surface area contributed by atoms with E-state index in [4.69, 9.17) is 0 Å². The number of hydrogen-bond acceptors (Lipinski definition) is 3. The third kappa shape index (κ3) is 7.58. The predicted molar refractivity (Wildman–Crippen MR) is 127 cm³/mol. The molecule has 0 unspecified atom stereocenters. The average molecular weight is 533 g/mol. The third-order valence-corrected chi connectivity index (χ3v) is 6.11. The number of aliphatic imine (C=N–C) groups is 1. The molecular formula is C21H29FIN3O2S. The molecule has 29 heavy (non-hydrogen) atoms. The maximum absolute atomic E-state index is 13.8. The van der Waals surface area contributed by atoms with E-state index in [1.807, 2.05) is 25.1 Å². The maximum atomic E-state index is 13.8. The fourth-order valence-corrected chi connectivity index (χ4v) is 3.95. The Kier molecular flexibility index (Phi) is 10.0. The Hall–Kier alpha value is -1.68. The molecule has 5 nitrogen and oxygen atoms in total. The first kappa shape index (κ1) is 25.4. The van der Waals surface area contributed by atoms with E-state index >= 15 is 0 Å². The van der Waals surface area contributed by atoms with E-state index in [1.165, 1.54) is 23.8 Å². The summed E-state index contributed by atoms with van der Waals surface area (Å²) in [6, 6.07) is 15.5. The lowest BCUT2D eigenvalue weighted by Gasteiger charge is -2.24. The van der Waals surface area contributed by atoms with Gasteiger partial charge in [0.15, 0.2) is 15.8 Å². The first-order chi connectivity index (χ1) is 13.3. The van der Waals surface area contributed by atoms with Gasteiger partial charge in [0.05, 0.1) is 12.3 Å². The lowest BCUT2D eigenvalue weighted by atomic mass is 9.85. The van der Waals surface area contributed by atoms with Gasteiger partial charge in [0.2, 0.25) is 0 Å². The van der Waals surface area contributed by atoms with Crippen molar-refractivity contribution in [3.8, 4) is 0 Å². The molecule has 2 aromatic rings. The van der Waals surface area contributed by atoms with Gasteiger partial charge in [-0.2, -0.15) is 0 Å². The van der Waals surface area contributed by atoms with Crippen molar-refractivity contribution >= 4 is 39.8 Å². The largest absolute Gasteiger partial charge is 0.357 e. The van der Waals surface area contributed by atoms with Crippen molar-refractivity contribution in [3.63, 3.8) is 0 Å². The third-order valence-electron chi connectivity index (χ3n) is 4.37. The Morgan fingerprint density at radius 3 is 2.28 bits per heavy atom. The molecule has 0 heterocycles. The Morgan fingerprint density at radius 1 is 1.03 bits per heavy atom. The number of halogens is 2. The molecule has 8 heteroatoms. The van der Waals surface area contributed by atoms with Crippen molar-refractivity contribution in [2.24, 2.45) is 4.99 Å². The fourth-order valence-electron chi connectivity index (χ4n) is 2.71. The lowest BCUT2D eigenvalue weighted by Crippen LogP contribution is -2.40. The summed E-state index contributed by atoms with van der Waals surface area (Å²) >= 11 is 0. The molecule has 2 aromatic carbocycles. The van der Waals surface area contributed by atoms with Gasteiger partial charge < -0.3 is 10.6 Å². The van der Waals surface area contributed by atoms with Crippen LogP contribution in [0.5, 0.6) is 0 Å². The molecule has 0 aliphatic heterocycles. The Bertz CT molecular complexity index is 903. The molecule has 0 fully saturated rings. The quantitative estimate of drug-likeness (QED) is 0.308. The first-order valence-corrected chi connectivity index (χ1v) is 11.0. The van der Waals surface area contributed by atoms with E-state index in [-0.39, 0.29) is 46.6 Å². The SMILES string of the molecule is CCNC(=NCC(C)(C)c1ccccc1)NCCS(=O)(=O)c1ccccc1F.I. The highest BCUT2D eigenvalue weighted by Crippen LogP contribution is 2.23. The van der Waals surface area contributed by atoms with E-state index in [0.29, 0.717) is 19.0 Å². The van der Waals surface area contributed by atoms with Crippen molar-refractivity contribution in [1.29, 1.82) is 0 Å². The van der Waals surface area contributed by atoms with Crippen molar-refractivity contribution in [1.82, 2.24) is 10.6 Å². The van der Waals surface area contributed by atoms with Crippen LogP contribution in [0.25, 0.3) is 0 Å². The van der Waals surface area contributed by atoms with Crippen LogP contribution in [0.1, 0.15) is 26.3 Å². The molecule has 0 saturated carbocycles. The smallest absolute Gasteiger partial charge is 0.191 e. The second-order valence-corrected chi connectivity index (χ2v) is 9.20. The second-order valence-electron chi connectivity index (χ2n) is 7.12. The number of hydrogen-bond donors (Lipinski definition) is 2. The molecule has 0 saturated heterocycles. The molecule has 0 amide bonds. The first-order valence-electron chi connectivity index (χ1n) is 9.31. The molecule has 160 valence electrons. The van der Waals surface area contributed by atoms with Crippen LogP contribution in [-0.2, 0) is 15.3 Å². The minimum Gasteiger partial charge on any atom is -0.357 e. The summed E-state index contributed by atoms with van der Waals surface area (Å²) in [5, 5.41) is 6.14. The number of benzene rings is 2. The zero-order valence-corrected chi connectivity index (χ0v) is 20.1. The van der Waals surface area contributed by atoms with Gasteiger partial charge in [0, 0.05) is 18.5 Å². The van der Waals surface area contributed by atoms with E-state index in [2.05, 4.69) is 41.6 Å². The van der Waals surface area contributed by atoms with Crippen molar-refractivity contribution in [3.05, 3.63) is 66.0 Å². The fraction of sp³-hybridized carbons (Fsp3) is 0.381. The van der Waals surface area contributed by atoms with Crippen LogP contribution in [0.2, 0.25) is 0 Å². The van der Waals surface area contributed by atoms with Gasteiger partial charge in [-0.3, -0.25) is 4.99 Å². The summed E-state index contributed by atoms with van der Waals surface area (Å²) in [6.45, 7) is 7.48. The molecular weight excluding hydrogens is 504 g/mol. The second kappa shape index (κ2) is 11.5. The van der Waals surface area contributed by atoms with Crippen LogP contribution in [-0.4, -0.2) is 39.8 Å². The van der Waals surface area contributed by atoms with Gasteiger partial charge in [0.1, 0.15) is 10.7 Å². The topological polar surface area (TPSA) is 70.6 Å². The summed E-state index contributed by atoms with van der Waals surface area (Å²) in [5.74, 6) is -0.414. The highest BCUT2D eigenvalue weighted by atomic mass is 127. The molecule has 0 aliphatic carbocycles. The van der Waals surface area contributed by atoms with Gasteiger partial charge in [-0.25, -0.2) is 12.8 Å². The minimum absolute atomic E-state index is 0. The maximum Gasteiger partial charge on any atom is 0.191 e. The van der Waals surface area contributed by atoms with Gasteiger partial charge in [-0.05, 0) is 24.6 Å². The highest BCUT2D eigenvalue weighted by Gasteiger charge is 2.21. The summed E-state index contributed by atoms with van der Waals surface area (Å²) in [4.78, 5) is 4.32. The molecule has 0 bridgehead atoms. The van der Waals surface area contributed by atoms with Crippen LogP contribution in [0.3, 0.4) is 0 Å². The van der Waals surface area contributed by atoms with E-state index < -0.39 is 15.7 Å². The Morgan fingerprint density at radius 2 is 1.66 bits per heavy atom. The van der Waals surface area contributed by atoms with Crippen LogP contribution < -0.4 is 10.6 Å². The van der Waals surface area contributed by atoms with Crippen molar-refractivity contribution < 1.29 is 12.8 Å². The lowest BCUT2D eigenvalue weighted by molar-refractivity contribution is 0.537. The van der Waals surface area contributed by atoms with Gasteiger partial charge in [0.25, 0.3) is 0 Å². The van der Waals surface area contributed by atoms with E-state index in [0.717, 1.165) is 6.07 Å². The molecule has 2 N–H and O–H groups in total. The molecule has 0 radical (unpaired) electrons. The molecule has 0 aromatic heterocycles. The van der Waals surface area contributed by atoms with Crippen LogP contribution >= 0.6 is 24.0 Å². The zero-order chi connectivity index (χ0) is 20.6. The summed E-state index contributed by atoms with van der Waals surface area (Å²) < 4.78 is 38.5. The summed E-state index contributed by atoms with van der Waals surface area (Å²) in [7, 11) is -3.71.